The fraction of sp³-hybridized carbons (Fsp3) is 0.562. The maximum absolute atomic E-state index is 12.5. The molecule has 1 N–H and O–H groups in total. The molecule has 1 atom stereocenters. The lowest BCUT2D eigenvalue weighted by molar-refractivity contribution is -0.132. The van der Waals surface area contributed by atoms with Gasteiger partial charge in [-0.25, -0.2) is 0 Å². The van der Waals surface area contributed by atoms with Gasteiger partial charge in [-0.1, -0.05) is 44.0 Å². The molecule has 1 aromatic carbocycles. The van der Waals surface area contributed by atoms with Crippen LogP contribution >= 0.6 is 0 Å². The molecule has 19 heavy (non-hydrogen) atoms. The molecule has 0 radical (unpaired) electrons. The fourth-order valence-corrected chi connectivity index (χ4v) is 2.65. The van der Waals surface area contributed by atoms with Crippen molar-refractivity contribution in [2.45, 2.75) is 38.6 Å². The van der Waals surface area contributed by atoms with Crippen molar-refractivity contribution in [3.8, 4) is 0 Å². The lowest BCUT2D eigenvalue weighted by Crippen LogP contribution is -2.42. The molecule has 0 fully saturated rings. The molecule has 1 aliphatic heterocycles. The zero-order chi connectivity index (χ0) is 13.7. The highest BCUT2D eigenvalue weighted by Gasteiger charge is 2.27. The minimum Gasteiger partial charge on any atom is -0.344 e. The van der Waals surface area contributed by atoms with Gasteiger partial charge in [-0.05, 0) is 24.0 Å². The van der Waals surface area contributed by atoms with E-state index in [-0.39, 0.29) is 11.9 Å². The minimum atomic E-state index is -0.156. The van der Waals surface area contributed by atoms with E-state index < -0.39 is 0 Å². The molecule has 0 aromatic heterocycles. The average Bonchev–Trinajstić information content (AvgIpc) is 2.46. The molecule has 0 spiro atoms. The Morgan fingerprint density at radius 2 is 2.16 bits per heavy atom. The summed E-state index contributed by atoms with van der Waals surface area (Å²) in [6.45, 7) is 3.92. The molecule has 0 bridgehead atoms. The summed E-state index contributed by atoms with van der Waals surface area (Å²) in [5, 5.41) is 3.36. The van der Waals surface area contributed by atoms with Crippen LogP contribution in [0.3, 0.4) is 0 Å². The van der Waals surface area contributed by atoms with Crippen molar-refractivity contribution >= 4 is 5.91 Å². The predicted octanol–water partition coefficient (Wildman–Crippen LogP) is 2.52. The Morgan fingerprint density at radius 1 is 1.37 bits per heavy atom. The summed E-state index contributed by atoms with van der Waals surface area (Å²) in [6.07, 6.45) is 4.48. The summed E-state index contributed by atoms with van der Waals surface area (Å²) in [7, 11) is 1.91. The van der Waals surface area contributed by atoms with Crippen LogP contribution < -0.4 is 5.32 Å². The number of unbranched alkanes of at least 4 members (excludes halogenated alkanes) is 2. The Hall–Kier alpha value is -1.35. The summed E-state index contributed by atoms with van der Waals surface area (Å²) < 4.78 is 0. The van der Waals surface area contributed by atoms with Gasteiger partial charge in [-0.15, -0.1) is 0 Å². The second-order valence-electron chi connectivity index (χ2n) is 5.30. The van der Waals surface area contributed by atoms with Crippen LogP contribution in [0.15, 0.2) is 24.3 Å². The second kappa shape index (κ2) is 6.71. The van der Waals surface area contributed by atoms with E-state index in [1.807, 2.05) is 18.0 Å². The zero-order valence-corrected chi connectivity index (χ0v) is 12.0. The summed E-state index contributed by atoms with van der Waals surface area (Å²) in [5.74, 6) is 0.197. The van der Waals surface area contributed by atoms with Gasteiger partial charge in [0.25, 0.3) is 0 Å². The minimum absolute atomic E-state index is 0.156. The number of likely N-dealkylation sites (N-methyl/N-ethyl adjacent to an activating group) is 1. The van der Waals surface area contributed by atoms with Gasteiger partial charge in [0, 0.05) is 20.1 Å². The highest BCUT2D eigenvalue weighted by Crippen LogP contribution is 2.24. The van der Waals surface area contributed by atoms with Crippen molar-refractivity contribution in [3.63, 3.8) is 0 Å². The van der Waals surface area contributed by atoms with Crippen LogP contribution in [-0.4, -0.2) is 30.9 Å². The average molecular weight is 260 g/mol. The van der Waals surface area contributed by atoms with Crippen LogP contribution in [-0.2, 0) is 11.2 Å². The number of amides is 1. The van der Waals surface area contributed by atoms with E-state index in [9.17, 15) is 4.79 Å². The number of hydrogen-bond donors (Lipinski definition) is 1. The third-order valence-corrected chi connectivity index (χ3v) is 3.83. The lowest BCUT2D eigenvalue weighted by atomic mass is 9.93. The van der Waals surface area contributed by atoms with E-state index >= 15 is 0 Å². The van der Waals surface area contributed by atoms with E-state index in [1.165, 1.54) is 18.4 Å². The molecule has 104 valence electrons. The Kier molecular flexibility index (Phi) is 4.97. The van der Waals surface area contributed by atoms with Gasteiger partial charge in [-0.2, -0.15) is 0 Å². The van der Waals surface area contributed by atoms with E-state index in [0.29, 0.717) is 0 Å². The molecule has 3 nitrogen and oxygen atoms in total. The summed E-state index contributed by atoms with van der Waals surface area (Å²) >= 11 is 0. The number of nitrogens with one attached hydrogen (secondary N) is 1. The predicted molar refractivity (Wildman–Crippen MR) is 78.1 cm³/mol. The fourth-order valence-electron chi connectivity index (χ4n) is 2.65. The maximum Gasteiger partial charge on any atom is 0.244 e. The third-order valence-electron chi connectivity index (χ3n) is 3.83. The molecule has 1 heterocycles. The molecule has 1 unspecified atom stereocenters. The topological polar surface area (TPSA) is 32.3 Å². The Balaban J connectivity index is 2.04. The molecule has 2 rings (SSSR count). The van der Waals surface area contributed by atoms with Crippen molar-refractivity contribution in [1.82, 2.24) is 10.2 Å². The molecule has 1 amide bonds. The lowest BCUT2D eigenvalue weighted by Gasteiger charge is -2.29. The van der Waals surface area contributed by atoms with Crippen LogP contribution in [0.25, 0.3) is 0 Å². The molecule has 3 heteroatoms. The molecular weight excluding hydrogens is 236 g/mol. The first kappa shape index (κ1) is 14.1. The quantitative estimate of drug-likeness (QED) is 0.825. The normalized spacial score (nSPS) is 17.9. The molecular formula is C16H24N2O. The molecule has 0 saturated carbocycles. The van der Waals surface area contributed by atoms with Crippen molar-refractivity contribution in [1.29, 1.82) is 0 Å². The SMILES string of the molecule is CCCCCN(C)C(=O)C1NCCc2ccccc21. The van der Waals surface area contributed by atoms with Crippen LogP contribution in [0, 0.1) is 0 Å². The van der Waals surface area contributed by atoms with E-state index in [1.54, 1.807) is 0 Å². The smallest absolute Gasteiger partial charge is 0.244 e. The Bertz CT molecular complexity index is 431. The Labute approximate surface area is 116 Å². The zero-order valence-electron chi connectivity index (χ0n) is 12.0. The van der Waals surface area contributed by atoms with Crippen LogP contribution in [0.2, 0.25) is 0 Å². The van der Waals surface area contributed by atoms with E-state index in [4.69, 9.17) is 0 Å². The number of carbonyl (C=O) groups is 1. The number of carbonyl (C=O) groups excluding carboxylic acids is 1. The van der Waals surface area contributed by atoms with Crippen LogP contribution in [0.4, 0.5) is 0 Å². The number of hydrogen-bond acceptors (Lipinski definition) is 2. The van der Waals surface area contributed by atoms with Crippen molar-refractivity contribution in [2.24, 2.45) is 0 Å². The molecule has 0 saturated heterocycles. The summed E-state index contributed by atoms with van der Waals surface area (Å²) in [5.41, 5.74) is 2.46. The van der Waals surface area contributed by atoms with Crippen molar-refractivity contribution < 1.29 is 4.79 Å². The van der Waals surface area contributed by atoms with Gasteiger partial charge >= 0.3 is 0 Å². The van der Waals surface area contributed by atoms with Gasteiger partial charge in [0.2, 0.25) is 5.91 Å². The van der Waals surface area contributed by atoms with Gasteiger partial charge < -0.3 is 10.2 Å². The monoisotopic (exact) mass is 260 g/mol. The van der Waals surface area contributed by atoms with Gasteiger partial charge in [-0.3, -0.25) is 4.79 Å². The second-order valence-corrected chi connectivity index (χ2v) is 5.30. The largest absolute Gasteiger partial charge is 0.344 e. The number of benzene rings is 1. The van der Waals surface area contributed by atoms with E-state index in [2.05, 4.69) is 30.4 Å². The van der Waals surface area contributed by atoms with E-state index in [0.717, 1.165) is 31.5 Å². The summed E-state index contributed by atoms with van der Waals surface area (Å²) in [6, 6.07) is 8.12. The molecule has 1 aromatic rings. The first-order valence-corrected chi connectivity index (χ1v) is 7.30. The number of nitrogens with zero attached hydrogens (tertiary/aromatic N) is 1. The first-order valence-electron chi connectivity index (χ1n) is 7.30. The van der Waals surface area contributed by atoms with Gasteiger partial charge in [0.05, 0.1) is 0 Å². The van der Waals surface area contributed by atoms with Gasteiger partial charge in [0.1, 0.15) is 6.04 Å². The first-order chi connectivity index (χ1) is 9.24. The third kappa shape index (κ3) is 3.35. The highest BCUT2D eigenvalue weighted by molar-refractivity contribution is 5.83. The van der Waals surface area contributed by atoms with Crippen LogP contribution in [0.5, 0.6) is 0 Å². The molecule has 1 aliphatic rings. The van der Waals surface area contributed by atoms with Crippen molar-refractivity contribution in [2.75, 3.05) is 20.1 Å². The number of rotatable bonds is 5. The maximum atomic E-state index is 12.5. The van der Waals surface area contributed by atoms with Crippen LogP contribution in [0.1, 0.15) is 43.4 Å². The van der Waals surface area contributed by atoms with Gasteiger partial charge in [0.15, 0.2) is 0 Å². The standard InChI is InChI=1S/C16H24N2O/c1-3-4-7-12-18(2)16(19)15-14-9-6-5-8-13(14)10-11-17-15/h5-6,8-9,15,17H,3-4,7,10-12H2,1-2H3. The van der Waals surface area contributed by atoms with Crippen molar-refractivity contribution in [3.05, 3.63) is 35.4 Å². The number of fused-ring (bicyclic) bond motifs is 1. The highest BCUT2D eigenvalue weighted by atomic mass is 16.2. The Morgan fingerprint density at radius 3 is 2.95 bits per heavy atom. The molecule has 0 aliphatic carbocycles. The summed E-state index contributed by atoms with van der Waals surface area (Å²) in [4.78, 5) is 14.4.